The number of para-hydroxylation sites is 1. The van der Waals surface area contributed by atoms with Crippen LogP contribution >= 0.6 is 0 Å². The number of carbonyl (C=O) groups excluding carboxylic acids is 1. The first kappa shape index (κ1) is 13.2. The molecule has 2 heterocycles. The Labute approximate surface area is 119 Å². The molecule has 2 aromatic rings. The fraction of sp³-hybridized carbons (Fsp3) is 0.438. The summed E-state index contributed by atoms with van der Waals surface area (Å²) in [6, 6.07) is 8.19. The minimum Gasteiger partial charge on any atom is -0.361 e. The molecule has 1 aliphatic rings. The van der Waals surface area contributed by atoms with Gasteiger partial charge in [0.2, 0.25) is 0 Å². The quantitative estimate of drug-likeness (QED) is 0.910. The van der Waals surface area contributed by atoms with Crippen LogP contribution in [0.25, 0.3) is 10.9 Å². The maximum atomic E-state index is 12.7. The summed E-state index contributed by atoms with van der Waals surface area (Å²) >= 11 is 0. The Morgan fingerprint density at radius 2 is 2.25 bits per heavy atom. The monoisotopic (exact) mass is 271 g/mol. The van der Waals surface area contributed by atoms with Crippen LogP contribution in [-0.4, -0.2) is 53.9 Å². The van der Waals surface area contributed by atoms with E-state index in [1.54, 1.807) is 0 Å². The molecule has 0 aliphatic carbocycles. The Balaban J connectivity index is 1.86. The predicted octanol–water partition coefficient (Wildman–Crippen LogP) is 2.33. The van der Waals surface area contributed by atoms with E-state index in [2.05, 4.69) is 16.9 Å². The molecule has 1 atom stereocenters. The van der Waals surface area contributed by atoms with E-state index in [0.717, 1.165) is 42.4 Å². The normalized spacial score (nSPS) is 20.2. The molecule has 1 aliphatic heterocycles. The van der Waals surface area contributed by atoms with E-state index in [0.29, 0.717) is 6.04 Å². The SMILES string of the molecule is CN1CCCC(N(C)C(=O)c2cccc3cc[nH]c23)C1. The van der Waals surface area contributed by atoms with Gasteiger partial charge in [0, 0.05) is 31.2 Å². The van der Waals surface area contributed by atoms with E-state index in [1.165, 1.54) is 0 Å². The maximum Gasteiger partial charge on any atom is 0.256 e. The van der Waals surface area contributed by atoms with Gasteiger partial charge in [0.1, 0.15) is 0 Å². The summed E-state index contributed by atoms with van der Waals surface area (Å²) in [4.78, 5) is 20.1. The summed E-state index contributed by atoms with van der Waals surface area (Å²) in [5.74, 6) is 0.110. The molecule has 1 unspecified atom stereocenters. The molecule has 3 rings (SSSR count). The number of fused-ring (bicyclic) bond motifs is 1. The van der Waals surface area contributed by atoms with Crippen LogP contribution in [0.15, 0.2) is 30.5 Å². The van der Waals surface area contributed by atoms with E-state index in [4.69, 9.17) is 0 Å². The Morgan fingerprint density at radius 3 is 3.05 bits per heavy atom. The number of carbonyl (C=O) groups is 1. The van der Waals surface area contributed by atoms with Crippen LogP contribution in [0.5, 0.6) is 0 Å². The van der Waals surface area contributed by atoms with Crippen molar-refractivity contribution < 1.29 is 4.79 Å². The number of hydrogen-bond donors (Lipinski definition) is 1. The van der Waals surface area contributed by atoms with Crippen LogP contribution in [0.1, 0.15) is 23.2 Å². The van der Waals surface area contributed by atoms with Crippen molar-refractivity contribution in [1.82, 2.24) is 14.8 Å². The van der Waals surface area contributed by atoms with Crippen molar-refractivity contribution in [2.45, 2.75) is 18.9 Å². The zero-order chi connectivity index (χ0) is 14.1. The summed E-state index contributed by atoms with van der Waals surface area (Å²) in [6.45, 7) is 2.09. The van der Waals surface area contributed by atoms with Crippen molar-refractivity contribution in [3.8, 4) is 0 Å². The van der Waals surface area contributed by atoms with Crippen LogP contribution in [0.4, 0.5) is 0 Å². The summed E-state index contributed by atoms with van der Waals surface area (Å²) in [5.41, 5.74) is 1.71. The fourth-order valence-electron chi connectivity index (χ4n) is 3.07. The molecule has 4 nitrogen and oxygen atoms in total. The molecule has 0 radical (unpaired) electrons. The third-order valence-electron chi connectivity index (χ3n) is 4.29. The Morgan fingerprint density at radius 1 is 1.40 bits per heavy atom. The lowest BCUT2D eigenvalue weighted by Gasteiger charge is -2.36. The average molecular weight is 271 g/mol. The summed E-state index contributed by atoms with van der Waals surface area (Å²) in [5, 5.41) is 1.09. The van der Waals surface area contributed by atoms with Crippen LogP contribution in [-0.2, 0) is 0 Å². The molecule has 1 amide bonds. The second-order valence-electron chi connectivity index (χ2n) is 5.72. The first-order chi connectivity index (χ1) is 9.66. The van der Waals surface area contributed by atoms with Crippen LogP contribution in [0.2, 0.25) is 0 Å². The number of rotatable bonds is 2. The summed E-state index contributed by atoms with van der Waals surface area (Å²) < 4.78 is 0. The summed E-state index contributed by atoms with van der Waals surface area (Å²) in [6.07, 6.45) is 4.13. The molecule has 1 aromatic heterocycles. The highest BCUT2D eigenvalue weighted by atomic mass is 16.2. The van der Waals surface area contributed by atoms with Gasteiger partial charge < -0.3 is 14.8 Å². The first-order valence-electron chi connectivity index (χ1n) is 7.18. The topological polar surface area (TPSA) is 39.3 Å². The van der Waals surface area contributed by atoms with Crippen LogP contribution < -0.4 is 0 Å². The van der Waals surface area contributed by atoms with Gasteiger partial charge in [-0.2, -0.15) is 0 Å². The van der Waals surface area contributed by atoms with Crippen molar-refractivity contribution in [3.63, 3.8) is 0 Å². The van der Waals surface area contributed by atoms with Gasteiger partial charge in [-0.25, -0.2) is 0 Å². The smallest absolute Gasteiger partial charge is 0.256 e. The van der Waals surface area contributed by atoms with Gasteiger partial charge in [0.15, 0.2) is 0 Å². The number of nitrogens with zero attached hydrogens (tertiary/aromatic N) is 2. The second kappa shape index (κ2) is 5.29. The number of aromatic amines is 1. The minimum absolute atomic E-state index is 0.110. The van der Waals surface area contributed by atoms with E-state index in [-0.39, 0.29) is 5.91 Å². The lowest BCUT2D eigenvalue weighted by atomic mass is 10.0. The molecular formula is C16H21N3O. The van der Waals surface area contributed by atoms with Crippen molar-refractivity contribution in [1.29, 1.82) is 0 Å². The van der Waals surface area contributed by atoms with Crippen molar-refractivity contribution in [2.75, 3.05) is 27.2 Å². The highest BCUT2D eigenvalue weighted by Crippen LogP contribution is 2.21. The highest BCUT2D eigenvalue weighted by molar-refractivity contribution is 6.05. The zero-order valence-electron chi connectivity index (χ0n) is 12.1. The minimum atomic E-state index is 0.110. The molecule has 0 spiro atoms. The van der Waals surface area contributed by atoms with Gasteiger partial charge in [0.05, 0.1) is 11.1 Å². The van der Waals surface area contributed by atoms with E-state index in [9.17, 15) is 4.79 Å². The molecular weight excluding hydrogens is 250 g/mol. The number of H-pyrrole nitrogens is 1. The van der Waals surface area contributed by atoms with E-state index in [1.807, 2.05) is 42.4 Å². The molecule has 0 saturated carbocycles. The molecule has 1 N–H and O–H groups in total. The first-order valence-corrected chi connectivity index (χ1v) is 7.18. The van der Waals surface area contributed by atoms with E-state index < -0.39 is 0 Å². The van der Waals surface area contributed by atoms with Gasteiger partial charge in [-0.05, 0) is 38.6 Å². The number of benzene rings is 1. The zero-order valence-corrected chi connectivity index (χ0v) is 12.1. The molecule has 4 heteroatoms. The fourth-order valence-corrected chi connectivity index (χ4v) is 3.07. The third kappa shape index (κ3) is 2.31. The lowest BCUT2D eigenvalue weighted by molar-refractivity contribution is 0.0646. The molecule has 1 fully saturated rings. The van der Waals surface area contributed by atoms with Crippen LogP contribution in [0.3, 0.4) is 0 Å². The molecule has 1 aromatic carbocycles. The van der Waals surface area contributed by atoms with Gasteiger partial charge in [-0.1, -0.05) is 12.1 Å². The summed E-state index contributed by atoms with van der Waals surface area (Å²) in [7, 11) is 4.05. The van der Waals surface area contributed by atoms with Crippen LogP contribution in [0, 0.1) is 0 Å². The molecule has 1 saturated heterocycles. The van der Waals surface area contributed by atoms with Gasteiger partial charge in [-0.3, -0.25) is 4.79 Å². The highest BCUT2D eigenvalue weighted by Gasteiger charge is 2.26. The van der Waals surface area contributed by atoms with Crippen molar-refractivity contribution >= 4 is 16.8 Å². The molecule has 0 bridgehead atoms. The Hall–Kier alpha value is -1.81. The predicted molar refractivity (Wildman–Crippen MR) is 80.9 cm³/mol. The number of likely N-dealkylation sites (tertiary alicyclic amines) is 1. The number of hydrogen-bond acceptors (Lipinski definition) is 2. The van der Waals surface area contributed by atoms with E-state index >= 15 is 0 Å². The average Bonchev–Trinajstić information content (AvgIpc) is 2.94. The lowest BCUT2D eigenvalue weighted by Crippen LogP contribution is -2.47. The number of nitrogens with one attached hydrogen (secondary N) is 1. The number of aromatic nitrogens is 1. The van der Waals surface area contributed by atoms with Gasteiger partial charge >= 0.3 is 0 Å². The standard InChI is InChI=1S/C16H21N3O/c1-18-10-4-6-13(11-18)19(2)16(20)14-7-3-5-12-8-9-17-15(12)14/h3,5,7-9,13,17H,4,6,10-11H2,1-2H3. The molecule has 106 valence electrons. The molecule has 20 heavy (non-hydrogen) atoms. The Bertz CT molecular complexity index is 619. The number of amides is 1. The Kier molecular flexibility index (Phi) is 3.49. The maximum absolute atomic E-state index is 12.7. The van der Waals surface area contributed by atoms with Crippen molar-refractivity contribution in [2.24, 2.45) is 0 Å². The largest absolute Gasteiger partial charge is 0.361 e. The van der Waals surface area contributed by atoms with Crippen molar-refractivity contribution in [3.05, 3.63) is 36.0 Å². The third-order valence-corrected chi connectivity index (χ3v) is 4.29. The number of piperidine rings is 1. The van der Waals surface area contributed by atoms with Gasteiger partial charge in [0.25, 0.3) is 5.91 Å². The number of likely N-dealkylation sites (N-methyl/N-ethyl adjacent to an activating group) is 2. The van der Waals surface area contributed by atoms with Gasteiger partial charge in [-0.15, -0.1) is 0 Å². The second-order valence-corrected chi connectivity index (χ2v) is 5.72.